The van der Waals surface area contributed by atoms with Crippen molar-refractivity contribution in [2.45, 2.75) is 0 Å². The van der Waals surface area contributed by atoms with Crippen molar-refractivity contribution in [2.75, 3.05) is 0 Å². The smallest absolute Gasteiger partial charge is 0.0434 e. The van der Waals surface area contributed by atoms with E-state index in [0.29, 0.717) is 0 Å². The number of fused-ring (bicyclic) bond motifs is 10. The van der Waals surface area contributed by atoms with Crippen molar-refractivity contribution in [1.29, 1.82) is 0 Å². The normalized spacial score (nSPS) is 12.1. The van der Waals surface area contributed by atoms with Gasteiger partial charge in [0.25, 0.3) is 0 Å². The molecule has 0 radical (unpaired) electrons. The molecule has 0 saturated carbocycles. The van der Waals surface area contributed by atoms with Gasteiger partial charge >= 0.3 is 0 Å². The van der Waals surface area contributed by atoms with Gasteiger partial charge in [-0.05, 0) is 145 Å². The molecule has 63 heavy (non-hydrogen) atoms. The topological polar surface area (TPSA) is 0 Å². The van der Waals surface area contributed by atoms with Crippen LogP contribution < -0.4 is 0 Å². The standard InChI is InChI=1S/C62H36S/c1-3-16-40-33-42(29-27-37(40)13-1)57-50-21-7-8-22-51(50)58(43-30-28-38-14-2-4-17-41(38)34-43)61-53-32-31-47(49-24-12-25-52(59(49)53)60(57)61)54-35-44(46-23-11-18-39-15-5-6-19-45(39)46)36-55-48-20-9-10-26-56(48)63-62(54)55/h1-36H. The number of thiophene rings is 1. The molecule has 1 heterocycles. The maximum atomic E-state index is 2.47. The monoisotopic (exact) mass is 812 g/mol. The minimum atomic E-state index is 1.24. The van der Waals surface area contributed by atoms with Crippen LogP contribution in [0.5, 0.6) is 0 Å². The van der Waals surface area contributed by atoms with Crippen LogP contribution in [0.2, 0.25) is 0 Å². The van der Waals surface area contributed by atoms with Gasteiger partial charge in [-0.25, -0.2) is 0 Å². The summed E-state index contributed by atoms with van der Waals surface area (Å²) in [7, 11) is 0. The quantitative estimate of drug-likeness (QED) is 0.166. The van der Waals surface area contributed by atoms with Crippen molar-refractivity contribution in [2.24, 2.45) is 0 Å². The molecule has 0 saturated heterocycles. The van der Waals surface area contributed by atoms with Crippen LogP contribution in [0.4, 0.5) is 0 Å². The van der Waals surface area contributed by atoms with E-state index in [1.807, 2.05) is 11.3 Å². The van der Waals surface area contributed by atoms with Crippen LogP contribution in [0.3, 0.4) is 0 Å². The van der Waals surface area contributed by atoms with Crippen LogP contribution in [0.15, 0.2) is 218 Å². The van der Waals surface area contributed by atoms with Crippen molar-refractivity contribution in [3.8, 4) is 66.8 Å². The average molecular weight is 813 g/mol. The van der Waals surface area contributed by atoms with Gasteiger partial charge in [-0.15, -0.1) is 11.3 Å². The summed E-state index contributed by atoms with van der Waals surface area (Å²) in [6.07, 6.45) is 0. The van der Waals surface area contributed by atoms with Gasteiger partial charge in [-0.1, -0.05) is 188 Å². The van der Waals surface area contributed by atoms with Gasteiger partial charge in [-0.3, -0.25) is 0 Å². The van der Waals surface area contributed by atoms with Gasteiger partial charge < -0.3 is 0 Å². The molecule has 290 valence electrons. The molecule has 0 unspecified atom stereocenters. The first-order valence-corrected chi connectivity index (χ1v) is 22.6. The minimum Gasteiger partial charge on any atom is -0.135 e. The first-order valence-electron chi connectivity index (χ1n) is 21.8. The Balaban J connectivity index is 1.10. The van der Waals surface area contributed by atoms with E-state index >= 15 is 0 Å². The van der Waals surface area contributed by atoms with E-state index < -0.39 is 0 Å². The molecule has 1 heteroatoms. The summed E-state index contributed by atoms with van der Waals surface area (Å²) in [5.41, 5.74) is 15.4. The third kappa shape index (κ3) is 5.09. The van der Waals surface area contributed by atoms with Crippen LogP contribution in [0, 0.1) is 0 Å². The maximum Gasteiger partial charge on any atom is 0.0434 e. The zero-order valence-corrected chi connectivity index (χ0v) is 35.0. The van der Waals surface area contributed by atoms with Crippen LogP contribution in [0.1, 0.15) is 0 Å². The summed E-state index contributed by atoms with van der Waals surface area (Å²) >= 11 is 1.91. The molecule has 0 bridgehead atoms. The van der Waals surface area contributed by atoms with E-state index in [1.165, 1.54) is 141 Å². The van der Waals surface area contributed by atoms with Crippen LogP contribution in [-0.4, -0.2) is 0 Å². The first-order chi connectivity index (χ1) is 31.2. The van der Waals surface area contributed by atoms with Gasteiger partial charge in [0.1, 0.15) is 0 Å². The Bertz CT molecular complexity index is 3950. The molecule has 0 fully saturated rings. The second-order valence-electron chi connectivity index (χ2n) is 17.1. The molecule has 0 nitrogen and oxygen atoms in total. The number of hydrogen-bond acceptors (Lipinski definition) is 1. The van der Waals surface area contributed by atoms with Gasteiger partial charge in [0, 0.05) is 25.7 Å². The van der Waals surface area contributed by atoms with Gasteiger partial charge in [0.2, 0.25) is 0 Å². The molecule has 0 aliphatic heterocycles. The zero-order valence-electron chi connectivity index (χ0n) is 34.2. The van der Waals surface area contributed by atoms with Crippen molar-refractivity contribution in [1.82, 2.24) is 0 Å². The Kier molecular flexibility index (Phi) is 7.37. The summed E-state index contributed by atoms with van der Waals surface area (Å²) < 4.78 is 2.64. The first kappa shape index (κ1) is 34.8. The molecule has 0 amide bonds. The summed E-state index contributed by atoms with van der Waals surface area (Å²) in [6, 6.07) is 81.9. The fourth-order valence-electron chi connectivity index (χ4n) is 11.0. The predicted octanol–water partition coefficient (Wildman–Crippen LogP) is 18.1. The van der Waals surface area contributed by atoms with Crippen molar-refractivity contribution in [3.63, 3.8) is 0 Å². The molecule has 1 aromatic heterocycles. The van der Waals surface area contributed by atoms with Gasteiger partial charge in [0.05, 0.1) is 0 Å². The molecule has 1 aliphatic rings. The summed E-state index contributed by atoms with van der Waals surface area (Å²) in [4.78, 5) is 0. The fourth-order valence-corrected chi connectivity index (χ4v) is 12.2. The Morgan fingerprint density at radius 3 is 1.44 bits per heavy atom. The number of rotatable bonds is 4. The van der Waals surface area contributed by atoms with Gasteiger partial charge in [-0.2, -0.15) is 0 Å². The van der Waals surface area contributed by atoms with Crippen molar-refractivity contribution in [3.05, 3.63) is 218 Å². The highest BCUT2D eigenvalue weighted by molar-refractivity contribution is 7.26. The summed E-state index contributed by atoms with van der Waals surface area (Å²) in [5.74, 6) is 0. The van der Waals surface area contributed by atoms with Crippen molar-refractivity contribution < 1.29 is 0 Å². The fraction of sp³-hybridized carbons (Fsp3) is 0. The highest BCUT2D eigenvalue weighted by atomic mass is 32.1. The summed E-state index contributed by atoms with van der Waals surface area (Å²) in [6.45, 7) is 0. The lowest BCUT2D eigenvalue weighted by molar-refractivity contribution is 1.65. The lowest BCUT2D eigenvalue weighted by Gasteiger charge is -2.21. The molecule has 1 aliphatic carbocycles. The Hall–Kier alpha value is -7.84. The summed E-state index contributed by atoms with van der Waals surface area (Å²) in [5, 5.41) is 15.3. The molecular weight excluding hydrogens is 777 g/mol. The van der Waals surface area contributed by atoms with Crippen LogP contribution >= 0.6 is 11.3 Å². The lowest BCUT2D eigenvalue weighted by atomic mass is 9.82. The van der Waals surface area contributed by atoms with E-state index in [0.717, 1.165) is 0 Å². The Morgan fingerprint density at radius 2 is 0.746 bits per heavy atom. The SMILES string of the molecule is c1ccc2cc(-c3c4c(c(-c5ccc6ccccc6c5)c5ccccc35)-c3ccc(-c5cc(-c6cccc7ccccc67)cc6c5sc5ccccc56)c5cccc-4c35)ccc2c1. The predicted molar refractivity (Wildman–Crippen MR) is 273 cm³/mol. The van der Waals surface area contributed by atoms with E-state index in [1.54, 1.807) is 0 Å². The highest BCUT2D eigenvalue weighted by Crippen LogP contribution is 2.59. The van der Waals surface area contributed by atoms with E-state index in [4.69, 9.17) is 0 Å². The van der Waals surface area contributed by atoms with E-state index in [9.17, 15) is 0 Å². The minimum absolute atomic E-state index is 1.24. The van der Waals surface area contributed by atoms with E-state index in [2.05, 4.69) is 218 Å². The van der Waals surface area contributed by atoms with E-state index in [-0.39, 0.29) is 0 Å². The Labute approximate surface area is 368 Å². The third-order valence-corrected chi connectivity index (χ3v) is 15.0. The average Bonchev–Trinajstić information content (AvgIpc) is 3.89. The molecular formula is C62H36S. The zero-order chi connectivity index (χ0) is 41.2. The second kappa shape index (κ2) is 13.3. The Morgan fingerprint density at radius 1 is 0.238 bits per heavy atom. The highest BCUT2D eigenvalue weighted by Gasteiger charge is 2.32. The molecule has 0 N–H and O–H groups in total. The lowest BCUT2D eigenvalue weighted by Crippen LogP contribution is -1.94. The third-order valence-electron chi connectivity index (χ3n) is 13.7. The van der Waals surface area contributed by atoms with Crippen LogP contribution in [-0.2, 0) is 0 Å². The maximum absolute atomic E-state index is 2.47. The number of hydrogen-bond donors (Lipinski definition) is 0. The van der Waals surface area contributed by atoms with Gasteiger partial charge in [0.15, 0.2) is 0 Å². The molecule has 13 aromatic rings. The second-order valence-corrected chi connectivity index (χ2v) is 18.1. The van der Waals surface area contributed by atoms with Crippen molar-refractivity contribution >= 4 is 85.4 Å². The number of benzene rings is 12. The molecule has 0 atom stereocenters. The molecule has 12 aromatic carbocycles. The molecule has 14 rings (SSSR count). The largest absolute Gasteiger partial charge is 0.135 e. The molecule has 0 spiro atoms. The van der Waals surface area contributed by atoms with Crippen LogP contribution in [0.25, 0.3) is 141 Å².